The highest BCUT2D eigenvalue weighted by Crippen LogP contribution is 2.52. The Balaban J connectivity index is 1.59. The van der Waals surface area contributed by atoms with Gasteiger partial charge < -0.3 is 10.4 Å². The van der Waals surface area contributed by atoms with Crippen molar-refractivity contribution in [3.8, 4) is 0 Å². The fourth-order valence-corrected chi connectivity index (χ4v) is 9.13. The second-order valence-corrected chi connectivity index (χ2v) is 19.1. The number of aryl methyl sites for hydroxylation is 2. The van der Waals surface area contributed by atoms with E-state index in [-0.39, 0.29) is 22.1 Å². The average molecular weight is 814 g/mol. The number of allylic oxidation sites excluding steroid dienone is 8. The van der Waals surface area contributed by atoms with Crippen molar-refractivity contribution in [1.29, 1.82) is 0 Å². The Morgan fingerprint density at radius 3 is 2.23 bits per heavy atom. The Bertz CT molecular complexity index is 2400. The van der Waals surface area contributed by atoms with Crippen molar-refractivity contribution < 1.29 is 35.8 Å². The van der Waals surface area contributed by atoms with Crippen LogP contribution < -0.4 is 5.32 Å². The zero-order valence-electron chi connectivity index (χ0n) is 33.7. The molecule has 9 nitrogen and oxygen atoms in total. The minimum atomic E-state index is -4.40. The van der Waals surface area contributed by atoms with Crippen LogP contribution in [0.1, 0.15) is 113 Å². The summed E-state index contributed by atoms with van der Waals surface area (Å²) < 4.78 is 67.9. The molecule has 0 fully saturated rings. The molecular formula is C46H55NO8S2. The van der Waals surface area contributed by atoms with Crippen molar-refractivity contribution in [2.75, 3.05) is 5.32 Å². The summed E-state index contributed by atoms with van der Waals surface area (Å²) >= 11 is 0. The van der Waals surface area contributed by atoms with Crippen molar-refractivity contribution in [2.24, 2.45) is 0 Å². The number of hydrogen-bond donors (Lipinski definition) is 4. The maximum atomic E-state index is 12.1. The molecular weight excluding hydrogens is 759 g/mol. The number of fused-ring (bicyclic) bond motifs is 1. The molecule has 0 aliphatic heterocycles. The van der Waals surface area contributed by atoms with Gasteiger partial charge in [0.1, 0.15) is 0 Å². The number of carboxylic acids is 1. The number of hydrogen-bond acceptors (Lipinski definition) is 6. The zero-order chi connectivity index (χ0) is 41.9. The Morgan fingerprint density at radius 1 is 0.947 bits per heavy atom. The lowest BCUT2D eigenvalue weighted by molar-refractivity contribution is -0.136. The first-order valence-electron chi connectivity index (χ1n) is 19.4. The topological polar surface area (TPSA) is 158 Å². The van der Waals surface area contributed by atoms with E-state index < -0.39 is 37.0 Å². The van der Waals surface area contributed by atoms with Crippen molar-refractivity contribution >= 4 is 31.9 Å². The van der Waals surface area contributed by atoms with Crippen LogP contribution in [0.5, 0.6) is 0 Å². The molecule has 0 bridgehead atoms. The highest BCUT2D eigenvalue weighted by Gasteiger charge is 2.41. The number of unbranched alkanes of at least 4 members (excludes halogenated alkanes) is 1. The number of aliphatic carboxylic acids is 1. The van der Waals surface area contributed by atoms with Crippen LogP contribution in [-0.4, -0.2) is 37.0 Å². The SMILES string of the molecule is C=C(/C=C/C1=C(Nc2ccc(CCC(=O)O)cc2)C(=C/C=C2/C(CCCC)c3ccc(S(=O)(=O)O)cc3C2(C)C)/CCC1)C(C)(C)c1cc(S(=O)(=O)O)ccc1C. The van der Waals surface area contributed by atoms with Gasteiger partial charge in [-0.1, -0.05) is 108 Å². The van der Waals surface area contributed by atoms with E-state index in [2.05, 4.69) is 50.9 Å². The number of carboxylic acid groups (broad SMARTS) is 1. The van der Waals surface area contributed by atoms with E-state index in [1.165, 1.54) is 23.8 Å². The summed E-state index contributed by atoms with van der Waals surface area (Å²) in [6, 6.07) is 17.3. The molecule has 0 spiro atoms. The van der Waals surface area contributed by atoms with Crippen LogP contribution in [0.3, 0.4) is 0 Å². The summed E-state index contributed by atoms with van der Waals surface area (Å²) in [5.74, 6) is -0.766. The van der Waals surface area contributed by atoms with Gasteiger partial charge in [0, 0.05) is 34.6 Å². The van der Waals surface area contributed by atoms with Crippen molar-refractivity contribution in [2.45, 2.75) is 119 Å². The number of nitrogens with one attached hydrogen (secondary N) is 1. The third kappa shape index (κ3) is 9.95. The van der Waals surface area contributed by atoms with Gasteiger partial charge in [-0.3, -0.25) is 13.9 Å². The molecule has 5 rings (SSSR count). The van der Waals surface area contributed by atoms with E-state index in [1.807, 2.05) is 57.2 Å². The third-order valence-electron chi connectivity index (χ3n) is 11.6. The summed E-state index contributed by atoms with van der Waals surface area (Å²) in [5, 5.41) is 12.9. The van der Waals surface area contributed by atoms with Gasteiger partial charge in [0.15, 0.2) is 0 Å². The van der Waals surface area contributed by atoms with Crippen LogP contribution in [0.4, 0.5) is 5.69 Å². The predicted octanol–water partition coefficient (Wildman–Crippen LogP) is 10.6. The molecule has 1 atom stereocenters. The first-order valence-corrected chi connectivity index (χ1v) is 22.3. The smallest absolute Gasteiger partial charge is 0.303 e. The summed E-state index contributed by atoms with van der Waals surface area (Å²) in [5.41, 5.74) is 9.17. The minimum Gasteiger partial charge on any atom is -0.481 e. The summed E-state index contributed by atoms with van der Waals surface area (Å²) in [6.45, 7) is 16.6. The maximum Gasteiger partial charge on any atom is 0.303 e. The Hall–Kier alpha value is -4.55. The highest BCUT2D eigenvalue weighted by atomic mass is 32.2. The van der Waals surface area contributed by atoms with Gasteiger partial charge in [0.05, 0.1) is 9.79 Å². The molecule has 0 radical (unpaired) electrons. The second kappa shape index (κ2) is 17.1. The molecule has 3 aromatic rings. The van der Waals surface area contributed by atoms with Gasteiger partial charge in [0.2, 0.25) is 0 Å². The molecule has 0 saturated carbocycles. The molecule has 2 aliphatic rings. The normalized spacial score (nSPS) is 18.7. The van der Waals surface area contributed by atoms with Gasteiger partial charge in [0.25, 0.3) is 20.2 Å². The summed E-state index contributed by atoms with van der Waals surface area (Å²) in [4.78, 5) is 10.9. The van der Waals surface area contributed by atoms with Crippen LogP contribution >= 0.6 is 0 Å². The summed E-state index contributed by atoms with van der Waals surface area (Å²) in [6.07, 6.45) is 14.3. The van der Waals surface area contributed by atoms with Gasteiger partial charge in [-0.25, -0.2) is 0 Å². The molecule has 1 unspecified atom stereocenters. The monoisotopic (exact) mass is 813 g/mol. The first-order chi connectivity index (χ1) is 26.6. The molecule has 0 heterocycles. The number of rotatable bonds is 15. The second-order valence-electron chi connectivity index (χ2n) is 16.3. The van der Waals surface area contributed by atoms with Crippen molar-refractivity contribution in [3.05, 3.63) is 147 Å². The van der Waals surface area contributed by atoms with Crippen LogP contribution in [0.15, 0.2) is 129 Å². The lowest BCUT2D eigenvalue weighted by atomic mass is 9.76. The lowest BCUT2D eigenvalue weighted by Gasteiger charge is -2.29. The van der Waals surface area contributed by atoms with Crippen molar-refractivity contribution in [3.63, 3.8) is 0 Å². The van der Waals surface area contributed by atoms with Crippen LogP contribution in [0.2, 0.25) is 0 Å². The molecule has 304 valence electrons. The van der Waals surface area contributed by atoms with Gasteiger partial charge >= 0.3 is 5.97 Å². The van der Waals surface area contributed by atoms with E-state index >= 15 is 0 Å². The molecule has 11 heteroatoms. The molecule has 0 aromatic heterocycles. The molecule has 3 aromatic carbocycles. The quantitative estimate of drug-likeness (QED) is 0.0865. The molecule has 0 saturated heterocycles. The largest absolute Gasteiger partial charge is 0.481 e. The van der Waals surface area contributed by atoms with E-state index in [4.69, 9.17) is 0 Å². The van der Waals surface area contributed by atoms with E-state index in [0.29, 0.717) is 6.42 Å². The van der Waals surface area contributed by atoms with E-state index in [9.17, 15) is 35.8 Å². The number of anilines is 1. The van der Waals surface area contributed by atoms with Crippen molar-refractivity contribution in [1.82, 2.24) is 0 Å². The first kappa shape index (κ1) is 43.6. The van der Waals surface area contributed by atoms with Gasteiger partial charge in [-0.05, 0) is 120 Å². The summed E-state index contributed by atoms with van der Waals surface area (Å²) in [7, 11) is -8.77. The Morgan fingerprint density at radius 2 is 1.60 bits per heavy atom. The average Bonchev–Trinajstić information content (AvgIpc) is 3.35. The zero-order valence-corrected chi connectivity index (χ0v) is 35.4. The standard InChI is InChI=1S/C46H55NO8S2/c1-8-9-13-38-39-25-24-37(57(53,54)55)29-42(39)46(6,7)40(38)26-20-34-12-10-11-33(44(34)47-35-21-16-32(17-22-35)18-27-43(48)49)19-15-31(3)45(4,5)41-28-36(56(50,51)52)23-14-30(41)2/h14-17,19-26,28-29,38,47H,3,8-13,18,27H2,1-2,4-7H3,(H,48,49)(H,50,51,52)(H,53,54,55)/b19-15+,34-20+,40-26-. The van der Waals surface area contributed by atoms with Crippen LogP contribution in [0.25, 0.3) is 0 Å². The van der Waals surface area contributed by atoms with Gasteiger partial charge in [-0.15, -0.1) is 0 Å². The van der Waals surface area contributed by atoms with Crippen LogP contribution in [-0.2, 0) is 42.3 Å². The molecule has 0 amide bonds. The van der Waals surface area contributed by atoms with E-state index in [1.54, 1.807) is 12.1 Å². The molecule has 2 aliphatic carbocycles. The maximum absolute atomic E-state index is 12.1. The highest BCUT2D eigenvalue weighted by molar-refractivity contribution is 7.86. The number of carbonyl (C=O) groups is 1. The van der Waals surface area contributed by atoms with Crippen LogP contribution in [0, 0.1) is 6.92 Å². The minimum absolute atomic E-state index is 0.0465. The third-order valence-corrected chi connectivity index (χ3v) is 13.3. The molecule has 57 heavy (non-hydrogen) atoms. The Labute approximate surface area is 338 Å². The van der Waals surface area contributed by atoms with E-state index in [0.717, 1.165) is 94.4 Å². The fraction of sp³-hybridized carbons (Fsp3) is 0.370. The molecule has 4 N–H and O–H groups in total. The number of benzene rings is 3. The predicted molar refractivity (Wildman–Crippen MR) is 227 cm³/mol. The fourth-order valence-electron chi connectivity index (χ4n) is 8.12. The lowest BCUT2D eigenvalue weighted by Crippen LogP contribution is -2.21. The Kier molecular flexibility index (Phi) is 13.1. The van der Waals surface area contributed by atoms with Gasteiger partial charge in [-0.2, -0.15) is 16.8 Å².